The summed E-state index contributed by atoms with van der Waals surface area (Å²) in [5.74, 6) is 0.180. The number of ether oxygens (including phenoxy) is 4. The lowest BCUT2D eigenvalue weighted by atomic mass is 9.85. The third kappa shape index (κ3) is 8.92. The summed E-state index contributed by atoms with van der Waals surface area (Å²) in [7, 11) is 0. The number of rotatable bonds is 9. The zero-order valence-corrected chi connectivity index (χ0v) is 21.4. The number of nitrogens with one attached hydrogen (secondary N) is 2. The van der Waals surface area contributed by atoms with Crippen LogP contribution >= 0.6 is 0 Å². The second-order valence-corrected chi connectivity index (χ2v) is 10.1. The smallest absolute Gasteiger partial charge is 0.407 e. The summed E-state index contributed by atoms with van der Waals surface area (Å²) in [4.78, 5) is 32.7. The van der Waals surface area contributed by atoms with E-state index in [4.69, 9.17) is 18.9 Å². The van der Waals surface area contributed by atoms with Gasteiger partial charge in [-0.3, -0.25) is 4.98 Å². The molecule has 1 aliphatic carbocycles. The van der Waals surface area contributed by atoms with Gasteiger partial charge in [0, 0.05) is 24.4 Å². The number of carbonyl (C=O) groups is 2. The lowest BCUT2D eigenvalue weighted by Gasteiger charge is -2.35. The second-order valence-electron chi connectivity index (χ2n) is 10.1. The Kier molecular flexibility index (Phi) is 10.1. The highest BCUT2D eigenvalue weighted by atomic mass is 16.6. The highest BCUT2D eigenvalue weighted by Gasteiger charge is 2.31. The van der Waals surface area contributed by atoms with Crippen LogP contribution < -0.4 is 15.4 Å². The van der Waals surface area contributed by atoms with Crippen LogP contribution in [0.15, 0.2) is 12.4 Å². The summed E-state index contributed by atoms with van der Waals surface area (Å²) < 4.78 is 22.2. The van der Waals surface area contributed by atoms with E-state index in [9.17, 15) is 9.59 Å². The lowest BCUT2D eigenvalue weighted by molar-refractivity contribution is -0.145. The maximum Gasteiger partial charge on any atom is 0.407 e. The third-order valence-corrected chi connectivity index (χ3v) is 6.18. The molecule has 2 aliphatic rings. The molecule has 1 saturated carbocycles. The average Bonchev–Trinajstić information content (AvgIpc) is 2.82. The standard InChI is InChI=1S/C25H40N4O6/c1-5-32-21(30)16-34-23-22(27-13-14-28-23)17-8-10-18(11-9-17)33-15-20-19(7-6-12-26-20)29-24(31)35-25(2,3)4/h13-14,17-20,26H,5-12,15-16H2,1-4H3,(H,29,31). The van der Waals surface area contributed by atoms with Crippen molar-refractivity contribution in [1.82, 2.24) is 20.6 Å². The quantitative estimate of drug-likeness (QED) is 0.501. The predicted molar refractivity (Wildman–Crippen MR) is 129 cm³/mol. The molecule has 0 spiro atoms. The van der Waals surface area contributed by atoms with Crippen LogP contribution in [0.5, 0.6) is 5.88 Å². The van der Waals surface area contributed by atoms with Gasteiger partial charge in [-0.15, -0.1) is 0 Å². The average molecular weight is 493 g/mol. The molecule has 3 rings (SSSR count). The highest BCUT2D eigenvalue weighted by molar-refractivity contribution is 5.71. The number of carbonyl (C=O) groups excluding carboxylic acids is 2. The molecule has 2 heterocycles. The van der Waals surface area contributed by atoms with Gasteiger partial charge in [-0.2, -0.15) is 0 Å². The number of hydrogen-bond acceptors (Lipinski definition) is 9. The van der Waals surface area contributed by atoms with Crippen molar-refractivity contribution in [1.29, 1.82) is 0 Å². The van der Waals surface area contributed by atoms with Crippen LogP contribution in [-0.2, 0) is 19.0 Å². The normalized spacial score (nSPS) is 24.9. The van der Waals surface area contributed by atoms with E-state index in [0.29, 0.717) is 19.1 Å². The molecule has 0 bridgehead atoms. The van der Waals surface area contributed by atoms with Crippen molar-refractivity contribution in [2.24, 2.45) is 0 Å². The summed E-state index contributed by atoms with van der Waals surface area (Å²) in [6.07, 6.45) is 8.48. The summed E-state index contributed by atoms with van der Waals surface area (Å²) >= 11 is 0. The molecule has 2 atom stereocenters. The van der Waals surface area contributed by atoms with E-state index in [2.05, 4.69) is 20.6 Å². The van der Waals surface area contributed by atoms with Crippen LogP contribution in [0.4, 0.5) is 4.79 Å². The third-order valence-electron chi connectivity index (χ3n) is 6.18. The summed E-state index contributed by atoms with van der Waals surface area (Å²) in [6.45, 7) is 8.92. The van der Waals surface area contributed by atoms with Gasteiger partial charge in [0.15, 0.2) is 6.61 Å². The van der Waals surface area contributed by atoms with Crippen molar-refractivity contribution in [3.63, 3.8) is 0 Å². The first-order valence-electron chi connectivity index (χ1n) is 12.7. The van der Waals surface area contributed by atoms with Gasteiger partial charge in [-0.25, -0.2) is 14.6 Å². The highest BCUT2D eigenvalue weighted by Crippen LogP contribution is 2.36. The minimum Gasteiger partial charge on any atom is -0.464 e. The van der Waals surface area contributed by atoms with E-state index in [0.717, 1.165) is 50.8 Å². The van der Waals surface area contributed by atoms with Gasteiger partial charge in [0.2, 0.25) is 5.88 Å². The second kappa shape index (κ2) is 13.0. The van der Waals surface area contributed by atoms with Gasteiger partial charge in [-0.05, 0) is 72.8 Å². The summed E-state index contributed by atoms with van der Waals surface area (Å²) in [5, 5.41) is 6.49. The molecular weight excluding hydrogens is 452 g/mol. The van der Waals surface area contributed by atoms with Crippen LogP contribution in [0.1, 0.15) is 77.8 Å². The number of nitrogens with zero attached hydrogens (tertiary/aromatic N) is 2. The van der Waals surface area contributed by atoms with Crippen molar-refractivity contribution in [3.8, 4) is 5.88 Å². The zero-order chi connectivity index (χ0) is 25.3. The van der Waals surface area contributed by atoms with E-state index in [1.54, 1.807) is 19.3 Å². The Labute approximate surface area is 207 Å². The van der Waals surface area contributed by atoms with E-state index in [1.165, 1.54) is 0 Å². The Morgan fingerprint density at radius 3 is 2.57 bits per heavy atom. The zero-order valence-electron chi connectivity index (χ0n) is 21.4. The minimum atomic E-state index is -0.524. The largest absolute Gasteiger partial charge is 0.464 e. The topological polar surface area (TPSA) is 121 Å². The molecule has 2 unspecified atom stereocenters. The van der Waals surface area contributed by atoms with Crippen molar-refractivity contribution in [2.75, 3.05) is 26.4 Å². The molecule has 196 valence electrons. The Bertz CT molecular complexity index is 822. The summed E-state index contributed by atoms with van der Waals surface area (Å²) in [5.41, 5.74) is 0.259. The number of amides is 1. The van der Waals surface area contributed by atoms with Crippen LogP contribution in [0, 0.1) is 0 Å². The first-order chi connectivity index (χ1) is 16.7. The van der Waals surface area contributed by atoms with Crippen LogP contribution in [0.3, 0.4) is 0 Å². The fourth-order valence-electron chi connectivity index (χ4n) is 4.56. The maximum atomic E-state index is 12.2. The van der Waals surface area contributed by atoms with Crippen LogP contribution in [0.25, 0.3) is 0 Å². The molecule has 2 N–H and O–H groups in total. The molecule has 0 radical (unpaired) electrons. The fraction of sp³-hybridized carbons (Fsp3) is 0.760. The number of esters is 1. The first kappa shape index (κ1) is 27.1. The van der Waals surface area contributed by atoms with Crippen molar-refractivity contribution in [2.45, 2.75) is 95.9 Å². The number of piperidine rings is 1. The van der Waals surface area contributed by atoms with Gasteiger partial charge in [0.05, 0.1) is 25.4 Å². The molecule has 1 aliphatic heterocycles. The van der Waals surface area contributed by atoms with Crippen LogP contribution in [-0.4, -0.2) is 72.2 Å². The number of aromatic nitrogens is 2. The molecule has 1 aromatic heterocycles. The van der Waals surface area contributed by atoms with Gasteiger partial charge in [0.25, 0.3) is 0 Å². The molecule has 2 fully saturated rings. The molecule has 10 heteroatoms. The van der Waals surface area contributed by atoms with E-state index >= 15 is 0 Å². The Balaban J connectivity index is 1.46. The van der Waals surface area contributed by atoms with Gasteiger partial charge in [0.1, 0.15) is 11.3 Å². The molecule has 1 saturated heterocycles. The van der Waals surface area contributed by atoms with Crippen molar-refractivity contribution < 1.29 is 28.5 Å². The molecule has 1 aromatic rings. The lowest BCUT2D eigenvalue weighted by Crippen LogP contribution is -2.56. The Hall–Kier alpha value is -2.46. The molecular formula is C25H40N4O6. The maximum absolute atomic E-state index is 12.2. The monoisotopic (exact) mass is 492 g/mol. The first-order valence-corrected chi connectivity index (χ1v) is 12.7. The van der Waals surface area contributed by atoms with E-state index < -0.39 is 11.6 Å². The number of alkyl carbamates (subject to hydrolysis) is 1. The van der Waals surface area contributed by atoms with Crippen molar-refractivity contribution >= 4 is 12.1 Å². The predicted octanol–water partition coefficient (Wildman–Crippen LogP) is 3.11. The summed E-state index contributed by atoms with van der Waals surface area (Å²) in [6, 6.07) is 0.0329. The molecule has 10 nitrogen and oxygen atoms in total. The van der Waals surface area contributed by atoms with Gasteiger partial charge < -0.3 is 29.6 Å². The Morgan fingerprint density at radius 2 is 1.86 bits per heavy atom. The van der Waals surface area contributed by atoms with E-state index in [-0.39, 0.29) is 36.8 Å². The Morgan fingerprint density at radius 1 is 1.11 bits per heavy atom. The van der Waals surface area contributed by atoms with Gasteiger partial charge in [-0.1, -0.05) is 0 Å². The van der Waals surface area contributed by atoms with Gasteiger partial charge >= 0.3 is 12.1 Å². The molecule has 35 heavy (non-hydrogen) atoms. The van der Waals surface area contributed by atoms with Crippen LogP contribution in [0.2, 0.25) is 0 Å². The van der Waals surface area contributed by atoms with E-state index in [1.807, 2.05) is 20.8 Å². The molecule has 1 amide bonds. The minimum absolute atomic E-state index is 0.0198. The SMILES string of the molecule is CCOC(=O)COc1nccnc1C1CCC(OCC2NCCCC2NC(=O)OC(C)(C)C)CC1. The fourth-order valence-corrected chi connectivity index (χ4v) is 4.56. The van der Waals surface area contributed by atoms with Crippen molar-refractivity contribution in [3.05, 3.63) is 18.1 Å². The number of hydrogen-bond donors (Lipinski definition) is 2. The molecule has 0 aromatic carbocycles.